The van der Waals surface area contributed by atoms with Crippen molar-refractivity contribution in [2.24, 2.45) is 0 Å². The van der Waals surface area contributed by atoms with Crippen molar-refractivity contribution in [1.82, 2.24) is 10.6 Å². The quantitative estimate of drug-likeness (QED) is 0.887. The molecule has 0 bridgehead atoms. The van der Waals surface area contributed by atoms with Crippen molar-refractivity contribution in [3.05, 3.63) is 29.3 Å². The van der Waals surface area contributed by atoms with Gasteiger partial charge in [-0.25, -0.2) is 0 Å². The van der Waals surface area contributed by atoms with Gasteiger partial charge in [0.1, 0.15) is 5.75 Å². The lowest BCUT2D eigenvalue weighted by atomic mass is 9.91. The predicted octanol–water partition coefficient (Wildman–Crippen LogP) is 2.26. The van der Waals surface area contributed by atoms with E-state index in [9.17, 15) is 4.79 Å². The summed E-state index contributed by atoms with van der Waals surface area (Å²) in [5.74, 6) is 0.607. The van der Waals surface area contributed by atoms with Crippen LogP contribution < -0.4 is 15.4 Å². The predicted molar refractivity (Wildman–Crippen MR) is 80.3 cm³/mol. The summed E-state index contributed by atoms with van der Waals surface area (Å²) in [6.45, 7) is 1.98. The maximum absolute atomic E-state index is 12.4. The molecule has 2 rings (SSSR count). The van der Waals surface area contributed by atoms with E-state index in [1.54, 1.807) is 7.11 Å². The molecule has 0 unspecified atom stereocenters. The Morgan fingerprint density at radius 2 is 1.85 bits per heavy atom. The molecule has 4 nitrogen and oxygen atoms in total. The van der Waals surface area contributed by atoms with Crippen LogP contribution in [-0.4, -0.2) is 32.1 Å². The second-order valence-electron chi connectivity index (χ2n) is 5.51. The van der Waals surface area contributed by atoms with E-state index >= 15 is 0 Å². The van der Waals surface area contributed by atoms with Crippen molar-refractivity contribution in [3.63, 3.8) is 0 Å². The summed E-state index contributed by atoms with van der Waals surface area (Å²) < 4.78 is 5.27. The van der Waals surface area contributed by atoms with Gasteiger partial charge in [-0.15, -0.1) is 0 Å². The average Bonchev–Trinajstić information content (AvgIpc) is 2.48. The van der Waals surface area contributed by atoms with Crippen molar-refractivity contribution in [1.29, 1.82) is 0 Å². The molecule has 0 spiro atoms. The van der Waals surface area contributed by atoms with E-state index in [1.807, 2.05) is 32.2 Å². The number of benzene rings is 1. The first kappa shape index (κ1) is 14.9. The summed E-state index contributed by atoms with van der Waals surface area (Å²) in [5.41, 5.74) is 1.69. The fraction of sp³-hybridized carbons (Fsp3) is 0.562. The molecule has 1 fully saturated rings. The van der Waals surface area contributed by atoms with Gasteiger partial charge >= 0.3 is 0 Å². The van der Waals surface area contributed by atoms with Gasteiger partial charge in [-0.3, -0.25) is 4.79 Å². The first-order valence-electron chi connectivity index (χ1n) is 7.26. The number of ether oxygens (including phenoxy) is 1. The Morgan fingerprint density at radius 3 is 2.45 bits per heavy atom. The van der Waals surface area contributed by atoms with E-state index < -0.39 is 0 Å². The standard InChI is InChI=1S/C16H24N2O2/c1-11-4-9-15(20-3)14(10-11)16(19)18-13-7-5-12(17-2)6-8-13/h4,9-10,12-13,17H,5-8H2,1-3H3,(H,18,19). The van der Waals surface area contributed by atoms with Crippen molar-refractivity contribution < 1.29 is 9.53 Å². The van der Waals surface area contributed by atoms with E-state index in [2.05, 4.69) is 10.6 Å². The fourth-order valence-electron chi connectivity index (χ4n) is 2.79. The highest BCUT2D eigenvalue weighted by atomic mass is 16.5. The molecule has 1 aromatic carbocycles. The monoisotopic (exact) mass is 276 g/mol. The molecule has 0 radical (unpaired) electrons. The summed E-state index contributed by atoms with van der Waals surface area (Å²) >= 11 is 0. The highest BCUT2D eigenvalue weighted by Gasteiger charge is 2.22. The molecule has 2 N–H and O–H groups in total. The minimum Gasteiger partial charge on any atom is -0.496 e. The number of hydrogen-bond donors (Lipinski definition) is 2. The number of carbonyl (C=O) groups is 1. The van der Waals surface area contributed by atoms with Crippen LogP contribution >= 0.6 is 0 Å². The topological polar surface area (TPSA) is 50.4 Å². The number of hydrogen-bond acceptors (Lipinski definition) is 3. The van der Waals surface area contributed by atoms with Crippen LogP contribution in [0.25, 0.3) is 0 Å². The van der Waals surface area contributed by atoms with Gasteiger partial charge in [-0.1, -0.05) is 11.6 Å². The van der Waals surface area contributed by atoms with Gasteiger partial charge in [0.05, 0.1) is 12.7 Å². The lowest BCUT2D eigenvalue weighted by molar-refractivity contribution is 0.0921. The van der Waals surface area contributed by atoms with Gasteiger partial charge in [0.15, 0.2) is 0 Å². The number of aryl methyl sites for hydroxylation is 1. The van der Waals surface area contributed by atoms with Crippen LogP contribution in [0.3, 0.4) is 0 Å². The number of methoxy groups -OCH3 is 1. The van der Waals surface area contributed by atoms with Crippen LogP contribution in [0.1, 0.15) is 41.6 Å². The number of amides is 1. The summed E-state index contributed by atoms with van der Waals surface area (Å²) in [5, 5.41) is 6.44. The van der Waals surface area contributed by atoms with E-state index in [4.69, 9.17) is 4.74 Å². The van der Waals surface area contributed by atoms with Gasteiger partial charge < -0.3 is 15.4 Å². The van der Waals surface area contributed by atoms with Gasteiger partial charge in [0.25, 0.3) is 5.91 Å². The minimum absolute atomic E-state index is 0.0292. The average molecular weight is 276 g/mol. The Morgan fingerprint density at radius 1 is 1.20 bits per heavy atom. The summed E-state index contributed by atoms with van der Waals surface area (Å²) in [7, 11) is 3.60. The van der Waals surface area contributed by atoms with E-state index in [0.717, 1.165) is 31.2 Å². The van der Waals surface area contributed by atoms with Crippen LogP contribution in [0.5, 0.6) is 5.75 Å². The molecule has 4 heteroatoms. The van der Waals surface area contributed by atoms with Crippen molar-refractivity contribution in [2.45, 2.75) is 44.7 Å². The summed E-state index contributed by atoms with van der Waals surface area (Å²) in [4.78, 5) is 12.4. The summed E-state index contributed by atoms with van der Waals surface area (Å²) in [6.07, 6.45) is 4.30. The Kier molecular flexibility index (Phi) is 5.01. The van der Waals surface area contributed by atoms with E-state index in [-0.39, 0.29) is 11.9 Å². The molecule has 1 aliphatic rings. The van der Waals surface area contributed by atoms with Gasteiger partial charge in [-0.05, 0) is 51.8 Å². The molecule has 0 aromatic heterocycles. The van der Waals surface area contributed by atoms with Crippen LogP contribution in [-0.2, 0) is 0 Å². The highest BCUT2D eigenvalue weighted by Crippen LogP contribution is 2.22. The lowest BCUT2D eigenvalue weighted by Gasteiger charge is -2.29. The molecule has 0 heterocycles. The third-order valence-electron chi connectivity index (χ3n) is 4.07. The highest BCUT2D eigenvalue weighted by molar-refractivity contribution is 5.97. The SMILES string of the molecule is CNC1CCC(NC(=O)c2cc(C)ccc2OC)CC1. The first-order chi connectivity index (χ1) is 9.63. The molecule has 1 saturated carbocycles. The molecule has 0 aliphatic heterocycles. The van der Waals surface area contributed by atoms with Crippen molar-refractivity contribution >= 4 is 5.91 Å². The zero-order valence-electron chi connectivity index (χ0n) is 12.5. The lowest BCUT2D eigenvalue weighted by Crippen LogP contribution is -2.41. The molecular formula is C16H24N2O2. The van der Waals surface area contributed by atoms with Crippen molar-refractivity contribution in [3.8, 4) is 5.75 Å². The first-order valence-corrected chi connectivity index (χ1v) is 7.26. The minimum atomic E-state index is -0.0292. The van der Waals surface area contributed by atoms with Crippen LogP contribution in [0.4, 0.5) is 0 Å². The zero-order valence-corrected chi connectivity index (χ0v) is 12.5. The summed E-state index contributed by atoms with van der Waals surface area (Å²) in [6, 6.07) is 6.55. The molecule has 0 atom stereocenters. The molecular weight excluding hydrogens is 252 g/mol. The van der Waals surface area contributed by atoms with Gasteiger partial charge in [0.2, 0.25) is 0 Å². The molecule has 1 amide bonds. The third-order valence-corrected chi connectivity index (χ3v) is 4.07. The number of carbonyl (C=O) groups excluding carboxylic acids is 1. The second-order valence-corrected chi connectivity index (χ2v) is 5.51. The maximum Gasteiger partial charge on any atom is 0.255 e. The Hall–Kier alpha value is -1.55. The second kappa shape index (κ2) is 6.75. The van der Waals surface area contributed by atoms with Crippen LogP contribution in [0.15, 0.2) is 18.2 Å². The third kappa shape index (κ3) is 3.51. The molecule has 110 valence electrons. The largest absolute Gasteiger partial charge is 0.496 e. The number of nitrogens with one attached hydrogen (secondary N) is 2. The smallest absolute Gasteiger partial charge is 0.255 e. The van der Waals surface area contributed by atoms with Crippen LogP contribution in [0, 0.1) is 6.92 Å². The van der Waals surface area contributed by atoms with Crippen molar-refractivity contribution in [2.75, 3.05) is 14.2 Å². The fourth-order valence-corrected chi connectivity index (χ4v) is 2.79. The molecule has 0 saturated heterocycles. The Bertz CT molecular complexity index is 466. The Labute approximate surface area is 120 Å². The zero-order chi connectivity index (χ0) is 14.5. The van der Waals surface area contributed by atoms with Crippen LogP contribution in [0.2, 0.25) is 0 Å². The normalized spacial score (nSPS) is 22.4. The van der Waals surface area contributed by atoms with Gasteiger partial charge in [-0.2, -0.15) is 0 Å². The van der Waals surface area contributed by atoms with E-state index in [1.165, 1.54) is 0 Å². The number of rotatable bonds is 4. The molecule has 20 heavy (non-hydrogen) atoms. The molecule has 1 aromatic rings. The van der Waals surface area contributed by atoms with Gasteiger partial charge in [0, 0.05) is 12.1 Å². The molecule has 1 aliphatic carbocycles. The Balaban J connectivity index is 2.00. The van der Waals surface area contributed by atoms with E-state index in [0.29, 0.717) is 17.4 Å². The maximum atomic E-state index is 12.4.